The molecule has 2 aliphatic heterocycles. The Morgan fingerprint density at radius 1 is 1.14 bits per heavy atom. The van der Waals surface area contributed by atoms with Crippen LogP contribution >= 0.6 is 0 Å². The van der Waals surface area contributed by atoms with Gasteiger partial charge in [0.1, 0.15) is 0 Å². The standard InChI is InChI=1S/C17H28N4/c1-2-15-12-21(16-6-4-3-5-7-16)17(19-15)20-10-13-8-18-9-14(13)11-20/h12-14,16,18H,2-11H2,1H3. The van der Waals surface area contributed by atoms with Gasteiger partial charge in [-0.1, -0.05) is 26.2 Å². The Morgan fingerprint density at radius 2 is 1.86 bits per heavy atom. The lowest BCUT2D eigenvalue weighted by atomic mass is 9.95. The van der Waals surface area contributed by atoms with E-state index in [0.29, 0.717) is 6.04 Å². The number of hydrogen-bond acceptors (Lipinski definition) is 3. The van der Waals surface area contributed by atoms with E-state index in [-0.39, 0.29) is 0 Å². The largest absolute Gasteiger partial charge is 0.342 e. The molecule has 116 valence electrons. The monoisotopic (exact) mass is 288 g/mol. The maximum Gasteiger partial charge on any atom is 0.205 e. The SMILES string of the molecule is CCc1cn(C2CCCCC2)c(N2CC3CNCC3C2)n1. The first-order valence-corrected chi connectivity index (χ1v) is 8.88. The molecule has 1 aliphatic carbocycles. The molecule has 4 nitrogen and oxygen atoms in total. The average Bonchev–Trinajstić information content (AvgIpc) is 3.21. The van der Waals surface area contributed by atoms with Gasteiger partial charge < -0.3 is 14.8 Å². The molecular formula is C17H28N4. The predicted octanol–water partition coefficient (Wildman–Crippen LogP) is 2.61. The molecule has 1 aromatic heterocycles. The number of imidazole rings is 1. The van der Waals surface area contributed by atoms with Gasteiger partial charge in [-0.25, -0.2) is 4.98 Å². The lowest BCUT2D eigenvalue weighted by Crippen LogP contribution is -2.29. The normalized spacial score (nSPS) is 30.0. The molecule has 4 heteroatoms. The molecule has 0 bridgehead atoms. The third-order valence-corrected chi connectivity index (χ3v) is 5.77. The minimum atomic E-state index is 0.695. The van der Waals surface area contributed by atoms with Gasteiger partial charge >= 0.3 is 0 Å². The fourth-order valence-corrected chi connectivity index (χ4v) is 4.48. The molecular weight excluding hydrogens is 260 g/mol. The first-order valence-electron chi connectivity index (χ1n) is 8.88. The van der Waals surface area contributed by atoms with Crippen molar-refractivity contribution in [2.75, 3.05) is 31.1 Å². The van der Waals surface area contributed by atoms with Gasteiger partial charge in [0.05, 0.1) is 5.69 Å². The minimum absolute atomic E-state index is 0.695. The predicted molar refractivity (Wildman–Crippen MR) is 85.8 cm³/mol. The summed E-state index contributed by atoms with van der Waals surface area (Å²) in [6.45, 7) is 7.02. The van der Waals surface area contributed by atoms with Crippen LogP contribution in [0.25, 0.3) is 0 Å². The molecule has 0 amide bonds. The highest BCUT2D eigenvalue weighted by Crippen LogP contribution is 2.35. The molecule has 3 heterocycles. The zero-order valence-electron chi connectivity index (χ0n) is 13.2. The summed E-state index contributed by atoms with van der Waals surface area (Å²) in [6, 6.07) is 0.695. The van der Waals surface area contributed by atoms with Crippen molar-refractivity contribution in [3.8, 4) is 0 Å². The van der Waals surface area contributed by atoms with Crippen molar-refractivity contribution in [3.63, 3.8) is 0 Å². The molecule has 21 heavy (non-hydrogen) atoms. The Bertz CT molecular complexity index is 477. The zero-order valence-corrected chi connectivity index (χ0v) is 13.2. The van der Waals surface area contributed by atoms with Crippen LogP contribution in [0.15, 0.2) is 6.20 Å². The van der Waals surface area contributed by atoms with Crippen LogP contribution in [0.2, 0.25) is 0 Å². The van der Waals surface area contributed by atoms with Gasteiger partial charge in [-0.3, -0.25) is 0 Å². The molecule has 2 atom stereocenters. The molecule has 0 radical (unpaired) electrons. The number of fused-ring (bicyclic) bond motifs is 1. The maximum absolute atomic E-state index is 4.98. The second-order valence-corrected chi connectivity index (χ2v) is 7.17. The van der Waals surface area contributed by atoms with Gasteiger partial charge in [0.25, 0.3) is 0 Å². The lowest BCUT2D eigenvalue weighted by Gasteiger charge is -2.28. The van der Waals surface area contributed by atoms with E-state index in [0.717, 1.165) is 18.3 Å². The van der Waals surface area contributed by atoms with E-state index in [2.05, 4.69) is 27.9 Å². The summed E-state index contributed by atoms with van der Waals surface area (Å²) in [5, 5.41) is 3.54. The van der Waals surface area contributed by atoms with E-state index in [1.54, 1.807) is 0 Å². The molecule has 1 saturated carbocycles. The van der Waals surface area contributed by atoms with E-state index < -0.39 is 0 Å². The number of anilines is 1. The highest BCUT2D eigenvalue weighted by atomic mass is 15.3. The quantitative estimate of drug-likeness (QED) is 0.928. The van der Waals surface area contributed by atoms with E-state index >= 15 is 0 Å². The Labute approximate surface area is 127 Å². The third kappa shape index (κ3) is 2.48. The molecule has 0 spiro atoms. The molecule has 3 fully saturated rings. The van der Waals surface area contributed by atoms with Crippen LogP contribution in [0.3, 0.4) is 0 Å². The lowest BCUT2D eigenvalue weighted by molar-refractivity contribution is 0.353. The minimum Gasteiger partial charge on any atom is -0.342 e. The smallest absolute Gasteiger partial charge is 0.205 e. The molecule has 3 aliphatic rings. The number of hydrogen-bond donors (Lipinski definition) is 1. The maximum atomic E-state index is 4.98. The summed E-state index contributed by atoms with van der Waals surface area (Å²) in [5.74, 6) is 2.95. The van der Waals surface area contributed by atoms with Crippen molar-refractivity contribution >= 4 is 5.95 Å². The van der Waals surface area contributed by atoms with Crippen LogP contribution in [0, 0.1) is 11.8 Å². The number of aryl methyl sites for hydroxylation is 1. The fraction of sp³-hybridized carbons (Fsp3) is 0.824. The topological polar surface area (TPSA) is 33.1 Å². The van der Waals surface area contributed by atoms with Crippen molar-refractivity contribution < 1.29 is 0 Å². The summed E-state index contributed by atoms with van der Waals surface area (Å²) < 4.78 is 2.53. The van der Waals surface area contributed by atoms with Gasteiger partial charge in [-0.05, 0) is 31.1 Å². The van der Waals surface area contributed by atoms with E-state index in [1.807, 2.05) is 0 Å². The van der Waals surface area contributed by atoms with E-state index in [4.69, 9.17) is 4.98 Å². The highest BCUT2D eigenvalue weighted by molar-refractivity contribution is 5.37. The second-order valence-electron chi connectivity index (χ2n) is 7.17. The molecule has 2 saturated heterocycles. The van der Waals surface area contributed by atoms with Gasteiger partial charge in [-0.15, -0.1) is 0 Å². The van der Waals surface area contributed by atoms with Crippen molar-refractivity contribution in [1.29, 1.82) is 0 Å². The Hall–Kier alpha value is -1.03. The summed E-state index contributed by atoms with van der Waals surface area (Å²) >= 11 is 0. The zero-order chi connectivity index (χ0) is 14.2. The Morgan fingerprint density at radius 3 is 2.52 bits per heavy atom. The van der Waals surface area contributed by atoms with Crippen LogP contribution in [0.5, 0.6) is 0 Å². The van der Waals surface area contributed by atoms with E-state index in [1.165, 1.54) is 69.9 Å². The first kappa shape index (κ1) is 13.6. The molecule has 1 aromatic rings. The number of nitrogens with one attached hydrogen (secondary N) is 1. The van der Waals surface area contributed by atoms with Gasteiger partial charge in [0.15, 0.2) is 0 Å². The molecule has 0 aromatic carbocycles. The van der Waals surface area contributed by atoms with Crippen molar-refractivity contribution in [3.05, 3.63) is 11.9 Å². The Kier molecular flexibility index (Phi) is 3.66. The van der Waals surface area contributed by atoms with Crippen LogP contribution < -0.4 is 10.2 Å². The van der Waals surface area contributed by atoms with Crippen LogP contribution in [0.1, 0.15) is 50.8 Å². The molecule has 4 rings (SSSR count). The summed E-state index contributed by atoms with van der Waals surface area (Å²) in [6.07, 6.45) is 10.3. The highest BCUT2D eigenvalue weighted by Gasteiger charge is 2.38. The summed E-state index contributed by atoms with van der Waals surface area (Å²) in [5.41, 5.74) is 1.27. The van der Waals surface area contributed by atoms with Gasteiger partial charge in [0, 0.05) is 38.4 Å². The van der Waals surface area contributed by atoms with Gasteiger partial charge in [0.2, 0.25) is 5.95 Å². The van der Waals surface area contributed by atoms with Crippen LogP contribution in [-0.2, 0) is 6.42 Å². The van der Waals surface area contributed by atoms with E-state index in [9.17, 15) is 0 Å². The molecule has 1 N–H and O–H groups in total. The Balaban J connectivity index is 1.59. The number of aromatic nitrogens is 2. The van der Waals surface area contributed by atoms with Crippen LogP contribution in [0.4, 0.5) is 5.95 Å². The summed E-state index contributed by atoms with van der Waals surface area (Å²) in [7, 11) is 0. The third-order valence-electron chi connectivity index (χ3n) is 5.77. The van der Waals surface area contributed by atoms with Crippen molar-refractivity contribution in [2.24, 2.45) is 11.8 Å². The molecule has 2 unspecified atom stereocenters. The first-order chi connectivity index (χ1) is 10.3. The average molecular weight is 288 g/mol. The van der Waals surface area contributed by atoms with Crippen molar-refractivity contribution in [2.45, 2.75) is 51.5 Å². The van der Waals surface area contributed by atoms with Crippen molar-refractivity contribution in [1.82, 2.24) is 14.9 Å². The van der Waals surface area contributed by atoms with Crippen LogP contribution in [-0.4, -0.2) is 35.7 Å². The summed E-state index contributed by atoms with van der Waals surface area (Å²) in [4.78, 5) is 7.56. The fourth-order valence-electron chi connectivity index (χ4n) is 4.48. The second kappa shape index (κ2) is 5.64. The van der Waals surface area contributed by atoms with Gasteiger partial charge in [-0.2, -0.15) is 0 Å². The number of nitrogens with zero attached hydrogens (tertiary/aromatic N) is 3. The number of rotatable bonds is 3.